The molecule has 5 rings (SSSR count). The van der Waals surface area contributed by atoms with E-state index in [-0.39, 0.29) is 5.56 Å². The second kappa shape index (κ2) is 6.26. The fourth-order valence-electron chi connectivity index (χ4n) is 3.41. The van der Waals surface area contributed by atoms with Gasteiger partial charge in [-0.25, -0.2) is 0 Å². The van der Waals surface area contributed by atoms with Crippen molar-refractivity contribution in [3.8, 4) is 22.4 Å². The maximum Gasteiger partial charge on any atom is 0.135 e. The molecule has 0 aliphatic carbocycles. The fraction of sp³-hybridized carbons (Fsp3) is 0.0417. The number of benzene rings is 3. The van der Waals surface area contributed by atoms with Gasteiger partial charge in [-0.1, -0.05) is 54.1 Å². The third kappa shape index (κ3) is 2.70. The van der Waals surface area contributed by atoms with Gasteiger partial charge in [0.05, 0.1) is 10.7 Å². The average molecular weight is 373 g/mol. The molecule has 5 aromatic rings. The third-order valence-electron chi connectivity index (χ3n) is 4.75. The molecule has 0 saturated heterocycles. The van der Waals surface area contributed by atoms with Crippen LogP contribution in [0.1, 0.15) is 9.68 Å². The van der Waals surface area contributed by atoms with Crippen LogP contribution in [-0.4, -0.2) is 4.98 Å². The molecule has 0 N–H and O–H groups in total. The number of halogens is 1. The topological polar surface area (TPSA) is 26.0 Å². The van der Waals surface area contributed by atoms with E-state index in [4.69, 9.17) is 20.1 Å². The van der Waals surface area contributed by atoms with E-state index >= 15 is 0 Å². The zero-order valence-corrected chi connectivity index (χ0v) is 15.0. The van der Waals surface area contributed by atoms with E-state index in [0.29, 0.717) is 21.8 Å². The Balaban J connectivity index is 1.69. The van der Waals surface area contributed by atoms with Crippen molar-refractivity contribution in [3.63, 3.8) is 0 Å². The summed E-state index contributed by atoms with van der Waals surface area (Å²) < 4.78 is 29.5. The summed E-state index contributed by atoms with van der Waals surface area (Å²) in [7, 11) is 0. The van der Waals surface area contributed by atoms with Gasteiger partial charge in [-0.15, -0.1) is 0 Å². The van der Waals surface area contributed by atoms with Crippen molar-refractivity contribution in [2.75, 3.05) is 0 Å². The summed E-state index contributed by atoms with van der Waals surface area (Å²) in [4.78, 5) is 4.49. The molecule has 0 bridgehead atoms. The van der Waals surface area contributed by atoms with Gasteiger partial charge in [0.25, 0.3) is 0 Å². The molecule has 2 heterocycles. The zero-order chi connectivity index (χ0) is 20.9. The highest BCUT2D eigenvalue weighted by Crippen LogP contribution is 2.35. The van der Waals surface area contributed by atoms with Gasteiger partial charge in [0.1, 0.15) is 11.2 Å². The first-order chi connectivity index (χ1) is 14.4. The molecule has 0 aliphatic heterocycles. The van der Waals surface area contributed by atoms with Crippen molar-refractivity contribution in [2.45, 2.75) is 6.85 Å². The first-order valence-corrected chi connectivity index (χ1v) is 8.97. The van der Waals surface area contributed by atoms with E-state index in [1.807, 2.05) is 54.6 Å². The van der Waals surface area contributed by atoms with Gasteiger partial charge in [0, 0.05) is 32.2 Å². The first-order valence-electron chi connectivity index (χ1n) is 10.1. The lowest BCUT2D eigenvalue weighted by Gasteiger charge is -2.10. The lowest BCUT2D eigenvalue weighted by molar-refractivity contribution is 0.669. The number of hydrogen-bond acceptors (Lipinski definition) is 2. The standard InChI is InChI=1S/C24H16ClNO/c1-15-6-2-3-7-17(15)19-13-22(26-14-21(19)25)16-10-11-24-20(12-16)18-8-4-5-9-23(18)27-24/h2-14H,1H3/i1D3. The number of furan rings is 1. The highest BCUT2D eigenvalue weighted by atomic mass is 35.5. The van der Waals surface area contributed by atoms with Crippen molar-refractivity contribution >= 4 is 33.5 Å². The molecule has 0 amide bonds. The molecule has 0 atom stereocenters. The lowest BCUT2D eigenvalue weighted by Crippen LogP contribution is -1.89. The molecule has 0 fully saturated rings. The summed E-state index contributed by atoms with van der Waals surface area (Å²) in [5, 5.41) is 2.45. The average Bonchev–Trinajstić information content (AvgIpc) is 3.11. The van der Waals surface area contributed by atoms with Crippen LogP contribution in [0.25, 0.3) is 44.3 Å². The smallest absolute Gasteiger partial charge is 0.135 e. The van der Waals surface area contributed by atoms with Crippen LogP contribution < -0.4 is 0 Å². The number of rotatable bonds is 2. The Morgan fingerprint density at radius 2 is 1.67 bits per heavy atom. The maximum atomic E-state index is 7.86. The molecule has 0 radical (unpaired) electrons. The summed E-state index contributed by atoms with van der Waals surface area (Å²) >= 11 is 6.43. The van der Waals surface area contributed by atoms with Gasteiger partial charge in [-0.05, 0) is 48.3 Å². The summed E-state index contributed by atoms with van der Waals surface area (Å²) in [6.07, 6.45) is 1.57. The molecule has 0 unspecified atom stereocenters. The molecular weight excluding hydrogens is 354 g/mol. The first kappa shape index (κ1) is 13.1. The minimum Gasteiger partial charge on any atom is -0.456 e. The number of para-hydroxylation sites is 1. The summed E-state index contributed by atoms with van der Waals surface area (Å²) in [6.45, 7) is -2.24. The van der Waals surface area contributed by atoms with Gasteiger partial charge in [0.15, 0.2) is 0 Å². The van der Waals surface area contributed by atoms with Crippen LogP contribution in [-0.2, 0) is 0 Å². The largest absolute Gasteiger partial charge is 0.456 e. The van der Waals surface area contributed by atoms with Gasteiger partial charge >= 0.3 is 0 Å². The van der Waals surface area contributed by atoms with Crippen LogP contribution in [0.3, 0.4) is 0 Å². The van der Waals surface area contributed by atoms with E-state index in [2.05, 4.69) is 4.98 Å². The molecule has 130 valence electrons. The Labute approximate surface area is 166 Å². The number of fused-ring (bicyclic) bond motifs is 3. The van der Waals surface area contributed by atoms with Crippen LogP contribution in [0, 0.1) is 6.85 Å². The van der Waals surface area contributed by atoms with E-state index in [1.165, 1.54) is 0 Å². The molecule has 3 aromatic carbocycles. The van der Waals surface area contributed by atoms with Crippen molar-refractivity contribution < 1.29 is 8.53 Å². The maximum absolute atomic E-state index is 7.86. The summed E-state index contributed by atoms with van der Waals surface area (Å²) in [6, 6.07) is 22.6. The second-order valence-electron chi connectivity index (χ2n) is 6.40. The molecule has 0 spiro atoms. The number of aromatic nitrogens is 1. The van der Waals surface area contributed by atoms with E-state index in [1.54, 1.807) is 24.4 Å². The van der Waals surface area contributed by atoms with Crippen molar-refractivity contribution in [3.05, 3.63) is 89.6 Å². The van der Waals surface area contributed by atoms with Crippen LogP contribution in [0.2, 0.25) is 5.02 Å². The summed E-state index contributed by atoms with van der Waals surface area (Å²) in [5.74, 6) is 0. The van der Waals surface area contributed by atoms with Crippen LogP contribution in [0.15, 0.2) is 83.4 Å². The Morgan fingerprint density at radius 3 is 2.59 bits per heavy atom. The molecule has 2 nitrogen and oxygen atoms in total. The molecular formula is C24H16ClNO. The number of hydrogen-bond donors (Lipinski definition) is 0. The monoisotopic (exact) mass is 372 g/mol. The minimum atomic E-state index is -2.24. The number of aryl methyl sites for hydroxylation is 1. The second-order valence-corrected chi connectivity index (χ2v) is 6.81. The van der Waals surface area contributed by atoms with E-state index in [9.17, 15) is 0 Å². The quantitative estimate of drug-likeness (QED) is 0.325. The van der Waals surface area contributed by atoms with Gasteiger partial charge < -0.3 is 4.42 Å². The minimum absolute atomic E-state index is 0.264. The third-order valence-corrected chi connectivity index (χ3v) is 5.05. The Bertz CT molecular complexity index is 1410. The Hall–Kier alpha value is -3.10. The fourth-order valence-corrected chi connectivity index (χ4v) is 3.61. The highest BCUT2D eigenvalue weighted by molar-refractivity contribution is 6.33. The van der Waals surface area contributed by atoms with Crippen molar-refractivity contribution in [1.82, 2.24) is 4.98 Å². The predicted molar refractivity (Wildman–Crippen MR) is 112 cm³/mol. The van der Waals surface area contributed by atoms with Gasteiger partial charge in [-0.3, -0.25) is 4.98 Å². The summed E-state index contributed by atoms with van der Waals surface area (Å²) in [5.41, 5.74) is 4.75. The van der Waals surface area contributed by atoms with Gasteiger partial charge in [-0.2, -0.15) is 0 Å². The van der Waals surface area contributed by atoms with E-state index < -0.39 is 6.85 Å². The van der Waals surface area contributed by atoms with Crippen LogP contribution in [0.4, 0.5) is 0 Å². The molecule has 27 heavy (non-hydrogen) atoms. The highest BCUT2D eigenvalue weighted by Gasteiger charge is 2.12. The Morgan fingerprint density at radius 1 is 0.852 bits per heavy atom. The Kier molecular flexibility index (Phi) is 3.04. The lowest BCUT2D eigenvalue weighted by atomic mass is 9.99. The van der Waals surface area contributed by atoms with Gasteiger partial charge in [0.2, 0.25) is 0 Å². The molecule has 0 aliphatic rings. The zero-order valence-electron chi connectivity index (χ0n) is 17.2. The van der Waals surface area contributed by atoms with Crippen LogP contribution >= 0.6 is 11.6 Å². The van der Waals surface area contributed by atoms with Crippen LogP contribution in [0.5, 0.6) is 0 Å². The predicted octanol–water partition coefficient (Wildman–Crippen LogP) is 7.28. The SMILES string of the molecule is [2H]C([2H])([2H])c1ccccc1-c1cc(-c2ccc3oc4ccccc4c3c2)ncc1Cl. The van der Waals surface area contributed by atoms with Crippen molar-refractivity contribution in [2.24, 2.45) is 0 Å². The molecule has 2 aromatic heterocycles. The van der Waals surface area contributed by atoms with E-state index in [0.717, 1.165) is 27.5 Å². The molecule has 0 saturated carbocycles. The van der Waals surface area contributed by atoms with Crippen molar-refractivity contribution in [1.29, 1.82) is 0 Å². The number of nitrogens with zero attached hydrogens (tertiary/aromatic N) is 1. The normalized spacial score (nSPS) is 13.4. The number of pyridine rings is 1. The molecule has 3 heteroatoms.